The van der Waals surface area contributed by atoms with E-state index in [4.69, 9.17) is 0 Å². The molecule has 0 aromatic rings. The molecule has 0 aliphatic carbocycles. The highest BCUT2D eigenvalue weighted by Crippen LogP contribution is 2.41. The van der Waals surface area contributed by atoms with Gasteiger partial charge in [0, 0.05) is 42.9 Å². The summed E-state index contributed by atoms with van der Waals surface area (Å²) in [6, 6.07) is 0. The van der Waals surface area contributed by atoms with Crippen LogP contribution in [-0.2, 0) is 0 Å². The number of aliphatic hydroxyl groups excluding tert-OH is 2. The Morgan fingerprint density at radius 2 is 2.05 bits per heavy atom. The van der Waals surface area contributed by atoms with Crippen molar-refractivity contribution in [1.82, 2.24) is 4.90 Å². The SMILES string of the molecule is CC[C@H](C)[C@](C)(C(O)N1CCCC1)[C@@H](O)C1=CN=CCC#C1. The molecule has 122 valence electrons. The van der Waals surface area contributed by atoms with Gasteiger partial charge < -0.3 is 10.2 Å². The van der Waals surface area contributed by atoms with Crippen LogP contribution in [-0.4, -0.2) is 46.7 Å². The molecule has 0 aromatic heterocycles. The summed E-state index contributed by atoms with van der Waals surface area (Å²) >= 11 is 0. The van der Waals surface area contributed by atoms with Gasteiger partial charge in [0.2, 0.25) is 0 Å². The van der Waals surface area contributed by atoms with Gasteiger partial charge in [-0.15, -0.1) is 0 Å². The minimum absolute atomic E-state index is 0.160. The lowest BCUT2D eigenvalue weighted by atomic mass is 9.68. The van der Waals surface area contributed by atoms with Crippen LogP contribution in [0.15, 0.2) is 16.8 Å². The molecule has 2 aliphatic rings. The molecule has 1 saturated heterocycles. The molecule has 1 fully saturated rings. The molecule has 1 unspecified atom stereocenters. The first-order valence-corrected chi connectivity index (χ1v) is 8.32. The number of likely N-dealkylation sites (tertiary alicyclic amines) is 1. The second-order valence-corrected chi connectivity index (χ2v) is 6.62. The van der Waals surface area contributed by atoms with Crippen LogP contribution < -0.4 is 0 Å². The molecule has 4 nitrogen and oxygen atoms in total. The second-order valence-electron chi connectivity index (χ2n) is 6.62. The van der Waals surface area contributed by atoms with Gasteiger partial charge in [0.05, 0.1) is 6.10 Å². The number of nitrogens with zero attached hydrogens (tertiary/aromatic N) is 2. The van der Waals surface area contributed by atoms with Gasteiger partial charge in [0.15, 0.2) is 0 Å². The Labute approximate surface area is 133 Å². The maximum absolute atomic E-state index is 11.0. The Hall–Kier alpha value is -1.15. The Kier molecular flexibility index (Phi) is 5.80. The lowest BCUT2D eigenvalue weighted by Gasteiger charge is -2.46. The summed E-state index contributed by atoms with van der Waals surface area (Å²) in [5.74, 6) is 6.17. The average molecular weight is 304 g/mol. The molecule has 0 saturated carbocycles. The Bertz CT molecular complexity index is 497. The molecule has 2 heterocycles. The van der Waals surface area contributed by atoms with Crippen LogP contribution in [0.1, 0.15) is 46.5 Å². The van der Waals surface area contributed by atoms with Gasteiger partial charge in [-0.2, -0.15) is 0 Å². The minimum Gasteiger partial charge on any atom is -0.387 e. The smallest absolute Gasteiger partial charge is 0.115 e. The van der Waals surface area contributed by atoms with Gasteiger partial charge in [-0.05, 0) is 18.8 Å². The van der Waals surface area contributed by atoms with E-state index < -0.39 is 17.7 Å². The van der Waals surface area contributed by atoms with Crippen LogP contribution in [0, 0.1) is 23.2 Å². The molecule has 0 spiro atoms. The fourth-order valence-corrected chi connectivity index (χ4v) is 3.38. The molecule has 0 amide bonds. The van der Waals surface area contributed by atoms with E-state index in [1.165, 1.54) is 0 Å². The van der Waals surface area contributed by atoms with E-state index in [0.29, 0.717) is 12.0 Å². The van der Waals surface area contributed by atoms with Crippen LogP contribution in [0.5, 0.6) is 0 Å². The maximum atomic E-state index is 11.0. The monoisotopic (exact) mass is 304 g/mol. The number of rotatable bonds is 6. The first-order valence-electron chi connectivity index (χ1n) is 8.32. The van der Waals surface area contributed by atoms with Crippen LogP contribution in [0.25, 0.3) is 0 Å². The number of aliphatic hydroxyl groups is 2. The van der Waals surface area contributed by atoms with Crippen molar-refractivity contribution < 1.29 is 10.2 Å². The third-order valence-electron chi connectivity index (χ3n) is 5.35. The molecule has 0 radical (unpaired) electrons. The van der Waals surface area contributed by atoms with Gasteiger partial charge in [-0.3, -0.25) is 9.89 Å². The lowest BCUT2D eigenvalue weighted by molar-refractivity contribution is -0.143. The summed E-state index contributed by atoms with van der Waals surface area (Å²) < 4.78 is 0. The van der Waals surface area contributed by atoms with Gasteiger partial charge in [0.25, 0.3) is 0 Å². The topological polar surface area (TPSA) is 56.1 Å². The molecule has 2 aliphatic heterocycles. The van der Waals surface area contributed by atoms with E-state index >= 15 is 0 Å². The van der Waals surface area contributed by atoms with Gasteiger partial charge in [0.1, 0.15) is 6.23 Å². The van der Waals surface area contributed by atoms with Crippen molar-refractivity contribution in [3.05, 3.63) is 11.8 Å². The average Bonchev–Trinajstić information content (AvgIpc) is 2.94. The molecule has 22 heavy (non-hydrogen) atoms. The quantitative estimate of drug-likeness (QED) is 0.740. The highest BCUT2D eigenvalue weighted by atomic mass is 16.3. The van der Waals surface area contributed by atoms with Crippen molar-refractivity contribution >= 4 is 6.21 Å². The first-order chi connectivity index (χ1) is 10.5. The van der Waals surface area contributed by atoms with E-state index in [0.717, 1.165) is 32.4 Å². The summed E-state index contributed by atoms with van der Waals surface area (Å²) in [5, 5.41) is 22.0. The predicted molar refractivity (Wildman–Crippen MR) is 89.4 cm³/mol. The van der Waals surface area contributed by atoms with Crippen LogP contribution >= 0.6 is 0 Å². The van der Waals surface area contributed by atoms with E-state index in [1.54, 1.807) is 12.4 Å². The number of hydrogen-bond acceptors (Lipinski definition) is 4. The third-order valence-corrected chi connectivity index (χ3v) is 5.35. The molecule has 4 heteroatoms. The van der Waals surface area contributed by atoms with Crippen molar-refractivity contribution in [2.75, 3.05) is 13.1 Å². The van der Waals surface area contributed by atoms with E-state index in [9.17, 15) is 10.2 Å². The molecule has 0 aromatic carbocycles. The standard InChI is InChI=1S/C18H28N2O2/c1-4-14(2)18(3,17(22)20-11-7-8-12-20)16(21)15-9-5-6-10-19-13-15/h10,13-14,16-17,21-22H,4,6-8,11-12H2,1-3H3/t14-,16-,17?,18-/m0/s1. The molecular weight excluding hydrogens is 276 g/mol. The molecule has 2 N–H and O–H groups in total. The predicted octanol–water partition coefficient (Wildman–Crippen LogP) is 2.18. The summed E-state index contributed by atoms with van der Waals surface area (Å²) in [6.45, 7) is 7.95. The summed E-state index contributed by atoms with van der Waals surface area (Å²) in [5.41, 5.74) is -0.0609. The highest BCUT2D eigenvalue weighted by Gasteiger charge is 2.48. The molecule has 0 bridgehead atoms. The Morgan fingerprint density at radius 1 is 1.36 bits per heavy atom. The normalized spacial score (nSPS) is 25.4. The van der Waals surface area contributed by atoms with Crippen molar-refractivity contribution in [2.24, 2.45) is 16.3 Å². The zero-order valence-corrected chi connectivity index (χ0v) is 13.9. The van der Waals surface area contributed by atoms with Crippen molar-refractivity contribution in [3.8, 4) is 11.8 Å². The maximum Gasteiger partial charge on any atom is 0.115 e. The number of hydrogen-bond donors (Lipinski definition) is 2. The third kappa shape index (κ3) is 3.27. The van der Waals surface area contributed by atoms with Gasteiger partial charge >= 0.3 is 0 Å². The second kappa shape index (κ2) is 7.41. The van der Waals surface area contributed by atoms with E-state index in [-0.39, 0.29) is 5.92 Å². The zero-order valence-electron chi connectivity index (χ0n) is 13.9. The Morgan fingerprint density at radius 3 is 2.68 bits per heavy atom. The largest absolute Gasteiger partial charge is 0.387 e. The zero-order chi connectivity index (χ0) is 16.2. The molecule has 2 rings (SSSR count). The summed E-state index contributed by atoms with van der Waals surface area (Å²) in [6.07, 6.45) is 5.60. The van der Waals surface area contributed by atoms with Crippen molar-refractivity contribution in [3.63, 3.8) is 0 Å². The van der Waals surface area contributed by atoms with Crippen molar-refractivity contribution in [2.45, 2.75) is 58.8 Å². The van der Waals surface area contributed by atoms with Crippen LogP contribution in [0.4, 0.5) is 0 Å². The van der Waals surface area contributed by atoms with Crippen molar-refractivity contribution in [1.29, 1.82) is 0 Å². The van der Waals surface area contributed by atoms with Crippen LogP contribution in [0.3, 0.4) is 0 Å². The first kappa shape index (κ1) is 17.2. The molecule has 4 atom stereocenters. The fraction of sp³-hybridized carbons (Fsp3) is 0.722. The van der Waals surface area contributed by atoms with E-state index in [2.05, 4.69) is 35.6 Å². The highest BCUT2D eigenvalue weighted by molar-refractivity contribution is 5.64. The minimum atomic E-state index is -0.819. The fourth-order valence-electron chi connectivity index (χ4n) is 3.38. The molecular formula is C18H28N2O2. The van der Waals surface area contributed by atoms with Gasteiger partial charge in [-0.1, -0.05) is 39.0 Å². The lowest BCUT2D eigenvalue weighted by Crippen LogP contribution is -2.55. The number of aliphatic imine (C=N–C) groups is 1. The van der Waals surface area contributed by atoms with E-state index in [1.807, 2.05) is 6.92 Å². The summed E-state index contributed by atoms with van der Waals surface area (Å²) in [4.78, 5) is 6.25. The Balaban J connectivity index is 2.32. The van der Waals surface area contributed by atoms with Crippen LogP contribution in [0.2, 0.25) is 0 Å². The van der Waals surface area contributed by atoms with Gasteiger partial charge in [-0.25, -0.2) is 0 Å². The summed E-state index contributed by atoms with van der Waals surface area (Å²) in [7, 11) is 0.